The molecule has 0 aliphatic rings. The summed E-state index contributed by atoms with van der Waals surface area (Å²) in [6, 6.07) is 5.29. The maximum Gasteiger partial charge on any atom is 0.352 e. The van der Waals surface area contributed by atoms with Crippen LogP contribution < -0.4 is 16.6 Å². The summed E-state index contributed by atoms with van der Waals surface area (Å²) in [4.78, 5) is 36.7. The van der Waals surface area contributed by atoms with Gasteiger partial charge in [-0.05, 0) is 32.9 Å². The first-order valence-corrected chi connectivity index (χ1v) is 7.16. The fourth-order valence-electron chi connectivity index (χ4n) is 2.05. The number of rotatable bonds is 4. The molecule has 1 heterocycles. The van der Waals surface area contributed by atoms with Gasteiger partial charge in [0.15, 0.2) is 0 Å². The molecule has 122 valence electrons. The minimum absolute atomic E-state index is 0.0383. The van der Waals surface area contributed by atoms with E-state index in [0.717, 1.165) is 9.25 Å². The van der Waals surface area contributed by atoms with Gasteiger partial charge in [0, 0.05) is 12.6 Å². The van der Waals surface area contributed by atoms with Crippen LogP contribution in [0.4, 0.5) is 4.39 Å². The van der Waals surface area contributed by atoms with Gasteiger partial charge in [-0.2, -0.15) is 9.78 Å². The van der Waals surface area contributed by atoms with Crippen LogP contribution in [0.5, 0.6) is 0 Å². The van der Waals surface area contributed by atoms with E-state index in [4.69, 9.17) is 0 Å². The fraction of sp³-hybridized carbons (Fsp3) is 0.333. The van der Waals surface area contributed by atoms with Gasteiger partial charge >= 0.3 is 5.69 Å². The number of halogens is 1. The average molecular weight is 320 g/mol. The molecule has 0 aliphatic heterocycles. The third kappa shape index (κ3) is 3.20. The minimum Gasteiger partial charge on any atom is -0.348 e. The summed E-state index contributed by atoms with van der Waals surface area (Å²) in [5.74, 6) is -1.39. The van der Waals surface area contributed by atoms with Gasteiger partial charge in [-0.25, -0.2) is 9.18 Å². The molecule has 2 aromatic rings. The summed E-state index contributed by atoms with van der Waals surface area (Å²) in [7, 11) is 0. The van der Waals surface area contributed by atoms with Gasteiger partial charge in [-0.15, -0.1) is 0 Å². The number of hydrogen-bond acceptors (Lipinski definition) is 4. The third-order valence-electron chi connectivity index (χ3n) is 3.09. The summed E-state index contributed by atoms with van der Waals surface area (Å²) in [5.41, 5.74) is -2.19. The topological polar surface area (TPSA) is 86.0 Å². The Balaban J connectivity index is 2.74. The molecule has 0 bridgehead atoms. The molecule has 0 saturated heterocycles. The molecule has 1 aromatic heterocycles. The van der Waals surface area contributed by atoms with Crippen LogP contribution in [-0.2, 0) is 6.54 Å². The Hall–Kier alpha value is -2.77. The van der Waals surface area contributed by atoms with E-state index >= 15 is 0 Å². The molecule has 0 saturated carbocycles. The van der Waals surface area contributed by atoms with E-state index in [0.29, 0.717) is 0 Å². The van der Waals surface area contributed by atoms with Crippen molar-refractivity contribution in [3.8, 4) is 5.69 Å². The molecule has 0 radical (unpaired) electrons. The zero-order valence-corrected chi connectivity index (χ0v) is 13.0. The van der Waals surface area contributed by atoms with E-state index in [1.807, 2.05) is 0 Å². The van der Waals surface area contributed by atoms with Crippen LogP contribution in [0.1, 0.15) is 31.3 Å². The van der Waals surface area contributed by atoms with E-state index in [-0.39, 0.29) is 18.3 Å². The first kappa shape index (κ1) is 16.6. The van der Waals surface area contributed by atoms with Gasteiger partial charge in [-0.1, -0.05) is 12.1 Å². The standard InChI is InChI=1S/C15H17FN4O3/c1-4-19-14(22)12(13(21)17-9(2)3)18-20(15(19)23)11-8-6-5-7-10(11)16/h5-9H,4H2,1-3H3,(H,17,21). The van der Waals surface area contributed by atoms with Crippen molar-refractivity contribution >= 4 is 5.91 Å². The number of benzene rings is 1. The summed E-state index contributed by atoms with van der Waals surface area (Å²) in [6.45, 7) is 5.07. The van der Waals surface area contributed by atoms with E-state index in [1.165, 1.54) is 24.3 Å². The lowest BCUT2D eigenvalue weighted by Crippen LogP contribution is -2.46. The Labute approximate surface area is 131 Å². The monoisotopic (exact) mass is 320 g/mol. The van der Waals surface area contributed by atoms with E-state index in [1.54, 1.807) is 20.8 Å². The highest BCUT2D eigenvalue weighted by Crippen LogP contribution is 2.08. The van der Waals surface area contributed by atoms with Gasteiger partial charge in [0.1, 0.15) is 11.5 Å². The summed E-state index contributed by atoms with van der Waals surface area (Å²) < 4.78 is 15.5. The summed E-state index contributed by atoms with van der Waals surface area (Å²) >= 11 is 0. The number of carbonyl (C=O) groups excluding carboxylic acids is 1. The Kier molecular flexibility index (Phi) is 4.73. The first-order chi connectivity index (χ1) is 10.9. The second-order valence-electron chi connectivity index (χ2n) is 5.17. The lowest BCUT2D eigenvalue weighted by molar-refractivity contribution is 0.0933. The van der Waals surface area contributed by atoms with Crippen LogP contribution >= 0.6 is 0 Å². The minimum atomic E-state index is -0.803. The predicted octanol–water partition coefficient (Wildman–Crippen LogP) is 0.691. The number of aromatic nitrogens is 3. The summed E-state index contributed by atoms with van der Waals surface area (Å²) in [5, 5.41) is 6.32. The van der Waals surface area contributed by atoms with E-state index in [9.17, 15) is 18.8 Å². The van der Waals surface area contributed by atoms with Crippen molar-refractivity contribution in [3.63, 3.8) is 0 Å². The average Bonchev–Trinajstić information content (AvgIpc) is 2.48. The Bertz CT molecular complexity index is 855. The molecule has 7 nitrogen and oxygen atoms in total. The quantitative estimate of drug-likeness (QED) is 0.898. The van der Waals surface area contributed by atoms with Crippen LogP contribution in [0.15, 0.2) is 33.9 Å². The third-order valence-corrected chi connectivity index (χ3v) is 3.09. The number of nitrogens with zero attached hydrogens (tertiary/aromatic N) is 3. The Morgan fingerprint density at radius 3 is 2.52 bits per heavy atom. The van der Waals surface area contributed by atoms with Crippen LogP contribution in [-0.4, -0.2) is 26.3 Å². The molecular formula is C15H17FN4O3. The molecule has 2 rings (SSSR count). The van der Waals surface area contributed by atoms with Crippen LogP contribution in [0.25, 0.3) is 5.69 Å². The van der Waals surface area contributed by atoms with E-state index in [2.05, 4.69) is 10.4 Å². The van der Waals surface area contributed by atoms with Crippen molar-refractivity contribution in [3.05, 3.63) is 56.6 Å². The van der Waals surface area contributed by atoms with Gasteiger partial charge in [-0.3, -0.25) is 14.2 Å². The van der Waals surface area contributed by atoms with Gasteiger partial charge < -0.3 is 5.32 Å². The van der Waals surface area contributed by atoms with E-state index < -0.39 is 28.7 Å². The van der Waals surface area contributed by atoms with Crippen LogP contribution in [0.3, 0.4) is 0 Å². The molecule has 0 atom stereocenters. The normalized spacial score (nSPS) is 10.8. The molecule has 0 aliphatic carbocycles. The lowest BCUT2D eigenvalue weighted by Gasteiger charge is -2.12. The molecule has 0 spiro atoms. The number of nitrogens with one attached hydrogen (secondary N) is 1. The van der Waals surface area contributed by atoms with Crippen molar-refractivity contribution in [2.75, 3.05) is 0 Å². The maximum atomic E-state index is 13.9. The number of hydrogen-bond donors (Lipinski definition) is 1. The molecule has 23 heavy (non-hydrogen) atoms. The Morgan fingerprint density at radius 1 is 1.30 bits per heavy atom. The smallest absolute Gasteiger partial charge is 0.348 e. The lowest BCUT2D eigenvalue weighted by atomic mass is 10.3. The van der Waals surface area contributed by atoms with Crippen molar-refractivity contribution in [2.45, 2.75) is 33.4 Å². The maximum absolute atomic E-state index is 13.9. The van der Waals surface area contributed by atoms with Crippen molar-refractivity contribution in [2.24, 2.45) is 0 Å². The number of amides is 1. The van der Waals surface area contributed by atoms with Crippen LogP contribution in [0.2, 0.25) is 0 Å². The van der Waals surface area contributed by atoms with Gasteiger partial charge in [0.05, 0.1) is 0 Å². The Morgan fingerprint density at radius 2 is 1.96 bits per heavy atom. The summed E-state index contributed by atoms with van der Waals surface area (Å²) in [6.07, 6.45) is 0. The first-order valence-electron chi connectivity index (χ1n) is 7.16. The highest BCUT2D eigenvalue weighted by molar-refractivity contribution is 5.91. The predicted molar refractivity (Wildman–Crippen MR) is 82.3 cm³/mol. The second-order valence-corrected chi connectivity index (χ2v) is 5.17. The largest absolute Gasteiger partial charge is 0.352 e. The molecule has 0 unspecified atom stereocenters. The van der Waals surface area contributed by atoms with Crippen molar-refractivity contribution in [1.29, 1.82) is 0 Å². The molecule has 8 heteroatoms. The van der Waals surface area contributed by atoms with Gasteiger partial charge in [0.25, 0.3) is 11.5 Å². The van der Waals surface area contributed by atoms with Crippen LogP contribution in [0, 0.1) is 5.82 Å². The fourth-order valence-corrected chi connectivity index (χ4v) is 2.05. The number of carbonyl (C=O) groups is 1. The molecular weight excluding hydrogens is 303 g/mol. The molecule has 1 aromatic carbocycles. The highest BCUT2D eigenvalue weighted by atomic mass is 19.1. The molecule has 0 fully saturated rings. The second kappa shape index (κ2) is 6.55. The van der Waals surface area contributed by atoms with Gasteiger partial charge in [0.2, 0.25) is 5.69 Å². The molecule has 1 N–H and O–H groups in total. The number of para-hydroxylation sites is 1. The molecule has 1 amide bonds. The van der Waals surface area contributed by atoms with Crippen molar-refractivity contribution < 1.29 is 9.18 Å². The highest BCUT2D eigenvalue weighted by Gasteiger charge is 2.20. The SMILES string of the molecule is CCn1c(=O)c(C(=O)NC(C)C)nn(-c2ccccc2F)c1=O. The zero-order chi connectivity index (χ0) is 17.1. The van der Waals surface area contributed by atoms with Crippen molar-refractivity contribution in [1.82, 2.24) is 19.7 Å². The zero-order valence-electron chi connectivity index (χ0n) is 13.0.